The highest BCUT2D eigenvalue weighted by molar-refractivity contribution is 14.1. The van der Waals surface area contributed by atoms with Crippen molar-refractivity contribution in [1.29, 1.82) is 0 Å². The summed E-state index contributed by atoms with van der Waals surface area (Å²) in [6.45, 7) is 0. The van der Waals surface area contributed by atoms with Crippen molar-refractivity contribution in [2.45, 2.75) is 4.90 Å². The van der Waals surface area contributed by atoms with Crippen molar-refractivity contribution in [3.8, 4) is 5.75 Å². The van der Waals surface area contributed by atoms with Crippen LogP contribution in [0.25, 0.3) is 0 Å². The number of phenols is 1. The Morgan fingerprint density at radius 2 is 2.00 bits per heavy atom. The first-order chi connectivity index (χ1) is 5.41. The zero-order valence-electron chi connectivity index (χ0n) is 5.69. The highest BCUT2D eigenvalue weighted by atomic mass is 127. The van der Waals surface area contributed by atoms with E-state index in [4.69, 9.17) is 5.11 Å². The fraction of sp³-hybridized carbons (Fsp3) is 0. The van der Waals surface area contributed by atoms with Gasteiger partial charge in [-0.05, 0) is 40.8 Å². The number of rotatable bonds is 1. The van der Waals surface area contributed by atoms with Gasteiger partial charge in [0.1, 0.15) is 15.9 Å². The molecule has 66 valence electrons. The van der Waals surface area contributed by atoms with Crippen LogP contribution in [0.5, 0.6) is 5.75 Å². The fourth-order valence-electron chi connectivity index (χ4n) is 0.643. The number of halogens is 1. The lowest BCUT2D eigenvalue weighted by atomic mass is 10.3. The molecule has 12 heavy (non-hydrogen) atoms. The lowest BCUT2D eigenvalue weighted by molar-refractivity contribution is 0.460. The van der Waals surface area contributed by atoms with E-state index in [0.717, 1.165) is 12.1 Å². The number of hydrogen-bond acceptors (Lipinski definition) is 4. The molecule has 1 rings (SSSR count). The summed E-state index contributed by atoms with van der Waals surface area (Å²) in [5.41, 5.74) is 0. The Morgan fingerprint density at radius 1 is 1.42 bits per heavy atom. The first-order valence-corrected chi connectivity index (χ1v) is 5.34. The van der Waals surface area contributed by atoms with Crippen LogP contribution in [-0.4, -0.2) is 18.1 Å². The van der Waals surface area contributed by atoms with Crippen LogP contribution in [-0.2, 0) is 10.1 Å². The van der Waals surface area contributed by atoms with Gasteiger partial charge in [0, 0.05) is 0 Å². The smallest absolute Gasteiger partial charge is 0.128 e. The van der Waals surface area contributed by atoms with E-state index in [0.29, 0.717) is 3.57 Å². The summed E-state index contributed by atoms with van der Waals surface area (Å²) in [5.74, 6) is -0.0389. The zero-order valence-corrected chi connectivity index (χ0v) is 8.66. The molecule has 0 unspecified atom stereocenters. The van der Waals surface area contributed by atoms with Crippen molar-refractivity contribution in [2.75, 3.05) is 0 Å². The summed E-state index contributed by atoms with van der Waals surface area (Å²) in [4.78, 5) is -0.329. The summed E-state index contributed by atoms with van der Waals surface area (Å²) in [7, 11) is -4.41. The van der Waals surface area contributed by atoms with Gasteiger partial charge in [-0.15, -0.1) is 0 Å². The summed E-state index contributed by atoms with van der Waals surface area (Å²) < 4.78 is 31.7. The van der Waals surface area contributed by atoms with E-state index >= 15 is 0 Å². The maximum absolute atomic E-state index is 10.5. The predicted molar refractivity (Wildman–Crippen MR) is 48.8 cm³/mol. The maximum atomic E-state index is 10.5. The topological polar surface area (TPSA) is 77.4 Å². The largest absolute Gasteiger partial charge is 0.744 e. The van der Waals surface area contributed by atoms with Gasteiger partial charge < -0.3 is 9.66 Å². The Labute approximate surface area is 83.1 Å². The monoisotopic (exact) mass is 299 g/mol. The lowest BCUT2D eigenvalue weighted by Crippen LogP contribution is -1.98. The van der Waals surface area contributed by atoms with Crippen molar-refractivity contribution in [3.05, 3.63) is 21.8 Å². The zero-order chi connectivity index (χ0) is 9.35. The summed E-state index contributed by atoms with van der Waals surface area (Å²) in [6, 6.07) is 3.37. The number of benzene rings is 1. The first kappa shape index (κ1) is 9.75. The van der Waals surface area contributed by atoms with Crippen LogP contribution in [0.3, 0.4) is 0 Å². The minimum Gasteiger partial charge on any atom is -0.744 e. The molecule has 0 bridgehead atoms. The van der Waals surface area contributed by atoms with E-state index in [1.807, 2.05) is 0 Å². The van der Waals surface area contributed by atoms with Crippen LogP contribution in [0.2, 0.25) is 0 Å². The van der Waals surface area contributed by atoms with Crippen molar-refractivity contribution < 1.29 is 18.1 Å². The molecule has 0 saturated carbocycles. The van der Waals surface area contributed by atoms with Crippen molar-refractivity contribution in [2.24, 2.45) is 0 Å². The van der Waals surface area contributed by atoms with Crippen LogP contribution < -0.4 is 0 Å². The molecule has 0 saturated heterocycles. The molecule has 1 N–H and O–H groups in total. The van der Waals surface area contributed by atoms with Gasteiger partial charge in [0.15, 0.2) is 0 Å². The van der Waals surface area contributed by atoms with Gasteiger partial charge in [-0.25, -0.2) is 8.42 Å². The van der Waals surface area contributed by atoms with E-state index in [1.54, 1.807) is 22.6 Å². The highest BCUT2D eigenvalue weighted by Gasteiger charge is 2.03. The number of phenolic OH excluding ortho intramolecular Hbond substituents is 1. The fourth-order valence-corrected chi connectivity index (χ4v) is 1.87. The summed E-state index contributed by atoms with van der Waals surface area (Å²) in [6.07, 6.45) is 0. The lowest BCUT2D eigenvalue weighted by Gasteiger charge is -2.07. The second-order valence-electron chi connectivity index (χ2n) is 2.07. The van der Waals surface area contributed by atoms with Gasteiger partial charge in [-0.1, -0.05) is 0 Å². The SMILES string of the molecule is O=S(=O)([O-])c1ccc(O)c(I)c1. The Morgan fingerprint density at radius 3 is 2.42 bits per heavy atom. The molecule has 0 aliphatic rings. The van der Waals surface area contributed by atoms with Gasteiger partial charge in [0.2, 0.25) is 0 Å². The Hall–Kier alpha value is -0.340. The second-order valence-corrected chi connectivity index (χ2v) is 4.61. The van der Waals surface area contributed by atoms with E-state index in [2.05, 4.69) is 0 Å². The van der Waals surface area contributed by atoms with E-state index in [9.17, 15) is 13.0 Å². The molecule has 0 aliphatic carbocycles. The maximum Gasteiger partial charge on any atom is 0.128 e. The molecule has 0 amide bonds. The molecule has 0 atom stereocenters. The van der Waals surface area contributed by atoms with Gasteiger partial charge in [0.25, 0.3) is 0 Å². The van der Waals surface area contributed by atoms with Crippen LogP contribution >= 0.6 is 22.6 Å². The highest BCUT2D eigenvalue weighted by Crippen LogP contribution is 2.22. The molecule has 0 radical (unpaired) electrons. The van der Waals surface area contributed by atoms with Gasteiger partial charge in [-0.2, -0.15) is 0 Å². The number of hydrogen-bond donors (Lipinski definition) is 1. The Kier molecular flexibility index (Phi) is 2.59. The molecule has 0 fully saturated rings. The molecular formula is C6H4IO4S-. The third kappa shape index (κ3) is 2.08. The van der Waals surface area contributed by atoms with Crippen molar-refractivity contribution >= 4 is 32.7 Å². The molecule has 4 nitrogen and oxygen atoms in total. The molecular weight excluding hydrogens is 295 g/mol. The van der Waals surface area contributed by atoms with Crippen molar-refractivity contribution in [3.63, 3.8) is 0 Å². The van der Waals surface area contributed by atoms with E-state index in [-0.39, 0.29) is 10.6 Å². The minimum absolute atomic E-state index is 0.0389. The van der Waals surface area contributed by atoms with Gasteiger partial charge >= 0.3 is 0 Å². The van der Waals surface area contributed by atoms with Gasteiger partial charge in [0.05, 0.1) is 8.47 Å². The number of aromatic hydroxyl groups is 1. The molecule has 0 aromatic heterocycles. The Bertz CT molecular complexity index is 398. The molecule has 0 aliphatic heterocycles. The van der Waals surface area contributed by atoms with Crippen LogP contribution in [0.15, 0.2) is 23.1 Å². The summed E-state index contributed by atoms with van der Waals surface area (Å²) >= 11 is 1.74. The molecule has 0 heterocycles. The van der Waals surface area contributed by atoms with Crippen LogP contribution in [0, 0.1) is 3.57 Å². The predicted octanol–water partition coefficient (Wildman–Crippen LogP) is 0.901. The molecule has 0 spiro atoms. The standard InChI is InChI=1S/C6H5IO4S/c7-5-3-4(12(9,10)11)1-2-6(5)8/h1-3,8H,(H,9,10,11)/p-1. The summed E-state index contributed by atoms with van der Waals surface area (Å²) in [5, 5.41) is 9.01. The molecule has 6 heteroatoms. The van der Waals surface area contributed by atoms with Crippen molar-refractivity contribution in [1.82, 2.24) is 0 Å². The Balaban J connectivity index is 3.33. The third-order valence-electron chi connectivity index (χ3n) is 1.21. The van der Waals surface area contributed by atoms with E-state index < -0.39 is 10.1 Å². The molecule has 1 aromatic rings. The quantitative estimate of drug-likeness (QED) is 0.617. The first-order valence-electron chi connectivity index (χ1n) is 2.85. The normalized spacial score (nSPS) is 11.5. The van der Waals surface area contributed by atoms with E-state index in [1.165, 1.54) is 6.07 Å². The van der Waals surface area contributed by atoms with Crippen LogP contribution in [0.4, 0.5) is 0 Å². The van der Waals surface area contributed by atoms with Gasteiger partial charge in [-0.3, -0.25) is 0 Å². The van der Waals surface area contributed by atoms with Crippen LogP contribution in [0.1, 0.15) is 0 Å². The molecule has 1 aromatic carbocycles. The minimum atomic E-state index is -4.41. The second kappa shape index (κ2) is 3.19. The third-order valence-corrected chi connectivity index (χ3v) is 2.90. The average Bonchev–Trinajstić information content (AvgIpc) is 1.92. The average molecular weight is 299 g/mol.